The monoisotopic (exact) mass is 513 g/mol. The summed E-state index contributed by atoms with van der Waals surface area (Å²) in [5.41, 5.74) is 0.739. The summed E-state index contributed by atoms with van der Waals surface area (Å²) >= 11 is 0. The van der Waals surface area contributed by atoms with Crippen LogP contribution in [-0.2, 0) is 10.8 Å². The summed E-state index contributed by atoms with van der Waals surface area (Å²) in [6.07, 6.45) is 4.02. The molecule has 4 atom stereocenters. The molecule has 0 amide bonds. The molecule has 4 nitrogen and oxygen atoms in total. The smallest absolute Gasteiger partial charge is 0.191 e. The van der Waals surface area contributed by atoms with Gasteiger partial charge in [0, 0.05) is 41.4 Å². The number of halogens is 3. The predicted molar refractivity (Wildman–Crippen MR) is 119 cm³/mol. The van der Waals surface area contributed by atoms with Crippen molar-refractivity contribution in [2.24, 2.45) is 4.99 Å². The molecule has 0 bridgehead atoms. The van der Waals surface area contributed by atoms with Crippen LogP contribution in [0.25, 0.3) is 0 Å². The van der Waals surface area contributed by atoms with Crippen molar-refractivity contribution in [3.8, 4) is 0 Å². The fraction of sp³-hybridized carbons (Fsp3) is 0.632. The third-order valence-corrected chi connectivity index (χ3v) is 6.68. The van der Waals surface area contributed by atoms with E-state index in [0.29, 0.717) is 18.3 Å². The molecule has 8 heteroatoms. The Hall–Kier alpha value is -0.770. The van der Waals surface area contributed by atoms with Gasteiger partial charge in [-0.3, -0.25) is 9.20 Å². The fourth-order valence-electron chi connectivity index (χ4n) is 3.33. The molecule has 1 fully saturated rings. The van der Waals surface area contributed by atoms with Gasteiger partial charge < -0.3 is 10.6 Å². The molecule has 2 N–H and O–H groups in total. The third-order valence-electron chi connectivity index (χ3n) is 4.94. The largest absolute Gasteiger partial charge is 0.356 e. The van der Waals surface area contributed by atoms with Crippen LogP contribution in [0, 0.1) is 11.6 Å². The molecule has 0 heterocycles. The number of nitrogens with zero attached hydrogens (tertiary/aromatic N) is 1. The summed E-state index contributed by atoms with van der Waals surface area (Å²) in [4.78, 5) is 4.25. The van der Waals surface area contributed by atoms with Gasteiger partial charge in [-0.05, 0) is 42.9 Å². The second-order valence-electron chi connectivity index (χ2n) is 6.83. The van der Waals surface area contributed by atoms with Crippen LogP contribution >= 0.6 is 24.0 Å². The van der Waals surface area contributed by atoms with Crippen LogP contribution in [0.15, 0.2) is 23.2 Å². The van der Waals surface area contributed by atoms with E-state index in [4.69, 9.17) is 0 Å². The predicted octanol–water partition coefficient (Wildman–Crippen LogP) is 3.93. The molecule has 0 radical (unpaired) electrons. The molecule has 1 aromatic carbocycles. The number of hydrogen-bond acceptors (Lipinski definition) is 2. The standard InChI is InChI=1S/C19H29F2N3OS.HI/c1-4-26(25)16-7-5-6-15(11-16)24-19(22-3)23-12-13(2)14-8-9-17(20)18(21)10-14;/h8-10,13,15-16H,4-7,11-12H2,1-3H3,(H2,22,23,24);1H. The van der Waals surface area contributed by atoms with Crippen LogP contribution in [0.3, 0.4) is 0 Å². The van der Waals surface area contributed by atoms with E-state index in [2.05, 4.69) is 15.6 Å². The van der Waals surface area contributed by atoms with E-state index in [-0.39, 0.29) is 41.2 Å². The van der Waals surface area contributed by atoms with Gasteiger partial charge in [-0.1, -0.05) is 26.3 Å². The Morgan fingerprint density at radius 2 is 2.07 bits per heavy atom. The van der Waals surface area contributed by atoms with Crippen molar-refractivity contribution in [1.29, 1.82) is 0 Å². The molecule has 27 heavy (non-hydrogen) atoms. The van der Waals surface area contributed by atoms with Crippen molar-refractivity contribution in [3.05, 3.63) is 35.4 Å². The average molecular weight is 513 g/mol. The lowest BCUT2D eigenvalue weighted by Gasteiger charge is -2.30. The van der Waals surface area contributed by atoms with E-state index in [1.165, 1.54) is 6.07 Å². The normalized spacial score (nSPS) is 22.5. The van der Waals surface area contributed by atoms with Gasteiger partial charge in [-0.15, -0.1) is 24.0 Å². The van der Waals surface area contributed by atoms with E-state index < -0.39 is 22.4 Å². The van der Waals surface area contributed by atoms with Crippen molar-refractivity contribution in [1.82, 2.24) is 10.6 Å². The average Bonchev–Trinajstić information content (AvgIpc) is 2.66. The van der Waals surface area contributed by atoms with Crippen LogP contribution < -0.4 is 10.6 Å². The van der Waals surface area contributed by atoms with Crippen LogP contribution in [0.2, 0.25) is 0 Å². The Morgan fingerprint density at radius 3 is 2.70 bits per heavy atom. The Morgan fingerprint density at radius 1 is 1.33 bits per heavy atom. The first-order chi connectivity index (χ1) is 12.4. The highest BCUT2D eigenvalue weighted by atomic mass is 127. The first-order valence-corrected chi connectivity index (χ1v) is 10.6. The number of hydrogen-bond donors (Lipinski definition) is 2. The van der Waals surface area contributed by atoms with Crippen molar-refractivity contribution >= 4 is 40.7 Å². The number of rotatable bonds is 6. The molecule has 0 aromatic heterocycles. The maximum absolute atomic E-state index is 13.4. The Bertz CT molecular complexity index is 660. The lowest BCUT2D eigenvalue weighted by atomic mass is 9.95. The van der Waals surface area contributed by atoms with Gasteiger partial charge in [0.2, 0.25) is 0 Å². The quantitative estimate of drug-likeness (QED) is 0.345. The molecule has 2 rings (SSSR count). The minimum absolute atomic E-state index is 0. The number of nitrogens with one attached hydrogen (secondary N) is 2. The number of benzene rings is 1. The summed E-state index contributed by atoms with van der Waals surface area (Å²) < 4.78 is 38.5. The van der Waals surface area contributed by atoms with Gasteiger partial charge in [0.1, 0.15) is 0 Å². The molecule has 1 aliphatic rings. The Balaban J connectivity index is 0.00000364. The van der Waals surface area contributed by atoms with E-state index in [0.717, 1.165) is 37.3 Å². The molecule has 154 valence electrons. The van der Waals surface area contributed by atoms with Gasteiger partial charge in [0.15, 0.2) is 17.6 Å². The lowest BCUT2D eigenvalue weighted by molar-refractivity contribution is 0.413. The topological polar surface area (TPSA) is 53.5 Å². The maximum atomic E-state index is 13.4. The van der Waals surface area contributed by atoms with Gasteiger partial charge in [0.05, 0.1) is 0 Å². The SMILES string of the molecule is CCS(=O)C1CCCC(NC(=NC)NCC(C)c2ccc(F)c(F)c2)C1.I. The second kappa shape index (κ2) is 11.9. The van der Waals surface area contributed by atoms with Crippen molar-refractivity contribution in [3.63, 3.8) is 0 Å². The molecule has 1 saturated carbocycles. The van der Waals surface area contributed by atoms with Gasteiger partial charge >= 0.3 is 0 Å². The molecule has 0 saturated heterocycles. The van der Waals surface area contributed by atoms with Crippen molar-refractivity contribution in [2.75, 3.05) is 19.3 Å². The second-order valence-corrected chi connectivity index (χ2v) is 8.83. The van der Waals surface area contributed by atoms with Crippen molar-refractivity contribution < 1.29 is 13.0 Å². The summed E-state index contributed by atoms with van der Waals surface area (Å²) in [6.45, 7) is 4.48. The first-order valence-electron chi connectivity index (χ1n) is 9.23. The van der Waals surface area contributed by atoms with E-state index in [9.17, 15) is 13.0 Å². The van der Waals surface area contributed by atoms with E-state index in [1.54, 1.807) is 13.1 Å². The molecule has 1 aromatic rings. The molecule has 0 aliphatic heterocycles. The summed E-state index contributed by atoms with van der Waals surface area (Å²) in [7, 11) is 0.953. The van der Waals surface area contributed by atoms with Crippen LogP contribution in [0.4, 0.5) is 8.78 Å². The van der Waals surface area contributed by atoms with Crippen molar-refractivity contribution in [2.45, 2.75) is 56.7 Å². The summed E-state index contributed by atoms with van der Waals surface area (Å²) in [5.74, 6) is -0.254. The van der Waals surface area contributed by atoms with Gasteiger partial charge in [-0.25, -0.2) is 8.78 Å². The molecule has 1 aliphatic carbocycles. The summed E-state index contributed by atoms with van der Waals surface area (Å²) in [5, 5.41) is 6.92. The zero-order chi connectivity index (χ0) is 19.1. The minimum atomic E-state index is -0.831. The molecule has 4 unspecified atom stereocenters. The zero-order valence-electron chi connectivity index (χ0n) is 16.1. The molecular formula is C19H30F2IN3OS. The van der Waals surface area contributed by atoms with Crippen LogP contribution in [0.5, 0.6) is 0 Å². The number of aliphatic imine (C=N–C) groups is 1. The summed E-state index contributed by atoms with van der Waals surface area (Å²) in [6, 6.07) is 4.26. The van der Waals surface area contributed by atoms with Crippen LogP contribution in [0.1, 0.15) is 51.0 Å². The Kier molecular flexibility index (Phi) is 10.7. The highest BCUT2D eigenvalue weighted by molar-refractivity contribution is 14.0. The highest BCUT2D eigenvalue weighted by Gasteiger charge is 2.26. The van der Waals surface area contributed by atoms with E-state index in [1.807, 2.05) is 13.8 Å². The van der Waals surface area contributed by atoms with Gasteiger partial charge in [-0.2, -0.15) is 0 Å². The lowest BCUT2D eigenvalue weighted by Crippen LogP contribution is -2.47. The molecule has 0 spiro atoms. The third kappa shape index (κ3) is 7.29. The van der Waals surface area contributed by atoms with Crippen LogP contribution in [-0.4, -0.2) is 40.8 Å². The zero-order valence-corrected chi connectivity index (χ0v) is 19.3. The van der Waals surface area contributed by atoms with E-state index >= 15 is 0 Å². The number of guanidine groups is 1. The first kappa shape index (κ1) is 24.3. The highest BCUT2D eigenvalue weighted by Crippen LogP contribution is 2.23. The molecular weight excluding hydrogens is 483 g/mol. The minimum Gasteiger partial charge on any atom is -0.356 e. The van der Waals surface area contributed by atoms with Gasteiger partial charge in [0.25, 0.3) is 0 Å². The maximum Gasteiger partial charge on any atom is 0.191 e. The fourth-order valence-corrected chi connectivity index (χ4v) is 4.67. The Labute approximate surface area is 180 Å².